The quantitative estimate of drug-likeness (QED) is 0.757. The van der Waals surface area contributed by atoms with Gasteiger partial charge in [-0.1, -0.05) is 36.4 Å². The highest BCUT2D eigenvalue weighted by molar-refractivity contribution is 5.71. The molecule has 1 amide bonds. The Morgan fingerprint density at radius 1 is 1.43 bits per heavy atom. The lowest BCUT2D eigenvalue weighted by atomic mass is 9.98. The Morgan fingerprint density at radius 2 is 2.14 bits per heavy atom. The summed E-state index contributed by atoms with van der Waals surface area (Å²) in [5, 5.41) is 11.5. The van der Waals surface area contributed by atoms with Crippen molar-refractivity contribution in [3.63, 3.8) is 0 Å². The third kappa shape index (κ3) is 6.12. The van der Waals surface area contributed by atoms with Crippen molar-refractivity contribution < 1.29 is 19.4 Å². The Kier molecular flexibility index (Phi) is 6.46. The SMILES string of the molecule is C=CCOC(=O)NC(CC(=O)O)Cc1ccc(C)cc1C. The Hall–Kier alpha value is -2.30. The van der Waals surface area contributed by atoms with Crippen LogP contribution < -0.4 is 5.32 Å². The summed E-state index contributed by atoms with van der Waals surface area (Å²) in [5.74, 6) is -0.964. The van der Waals surface area contributed by atoms with Gasteiger partial charge in [0.1, 0.15) is 6.61 Å². The molecule has 1 aromatic rings. The summed E-state index contributed by atoms with van der Waals surface area (Å²) >= 11 is 0. The molecular formula is C16H21NO4. The van der Waals surface area contributed by atoms with E-state index < -0.39 is 18.1 Å². The van der Waals surface area contributed by atoms with Crippen molar-refractivity contribution in [1.29, 1.82) is 0 Å². The molecule has 1 rings (SSSR count). The number of hydrogen-bond acceptors (Lipinski definition) is 3. The highest BCUT2D eigenvalue weighted by Gasteiger charge is 2.18. The number of carbonyl (C=O) groups excluding carboxylic acids is 1. The number of rotatable bonds is 7. The molecule has 0 saturated carbocycles. The van der Waals surface area contributed by atoms with E-state index in [-0.39, 0.29) is 13.0 Å². The van der Waals surface area contributed by atoms with Crippen LogP contribution in [0.5, 0.6) is 0 Å². The molecule has 5 nitrogen and oxygen atoms in total. The second-order valence-electron chi connectivity index (χ2n) is 4.96. The molecule has 0 fully saturated rings. The maximum absolute atomic E-state index is 11.5. The molecule has 1 unspecified atom stereocenters. The number of aliphatic carboxylic acids is 1. The number of carboxylic acids is 1. The first-order valence-electron chi connectivity index (χ1n) is 6.74. The van der Waals surface area contributed by atoms with Crippen molar-refractivity contribution in [1.82, 2.24) is 5.32 Å². The van der Waals surface area contributed by atoms with Gasteiger partial charge in [0.2, 0.25) is 0 Å². The molecule has 21 heavy (non-hydrogen) atoms. The molecule has 0 bridgehead atoms. The largest absolute Gasteiger partial charge is 0.481 e. The van der Waals surface area contributed by atoms with Gasteiger partial charge < -0.3 is 15.2 Å². The number of alkyl carbamates (subject to hydrolysis) is 1. The number of benzene rings is 1. The Labute approximate surface area is 124 Å². The van der Waals surface area contributed by atoms with Crippen LogP contribution in [0.4, 0.5) is 4.79 Å². The van der Waals surface area contributed by atoms with Crippen LogP contribution >= 0.6 is 0 Å². The third-order valence-electron chi connectivity index (χ3n) is 3.04. The van der Waals surface area contributed by atoms with Crippen LogP contribution in [0.25, 0.3) is 0 Å². The van der Waals surface area contributed by atoms with Gasteiger partial charge in [0.25, 0.3) is 0 Å². The van der Waals surface area contributed by atoms with E-state index in [2.05, 4.69) is 11.9 Å². The zero-order valence-corrected chi connectivity index (χ0v) is 12.4. The predicted octanol–water partition coefficient (Wildman–Crippen LogP) is 2.60. The van der Waals surface area contributed by atoms with Gasteiger partial charge in [0.05, 0.1) is 6.42 Å². The summed E-state index contributed by atoms with van der Waals surface area (Å²) in [4.78, 5) is 22.5. The molecule has 0 heterocycles. The number of nitrogens with one attached hydrogen (secondary N) is 1. The molecule has 1 aromatic carbocycles. The van der Waals surface area contributed by atoms with Crippen LogP contribution in [0.1, 0.15) is 23.1 Å². The van der Waals surface area contributed by atoms with Gasteiger partial charge in [-0.05, 0) is 31.4 Å². The van der Waals surface area contributed by atoms with E-state index >= 15 is 0 Å². The second kappa shape index (κ2) is 8.09. The highest BCUT2D eigenvalue weighted by atomic mass is 16.5. The lowest BCUT2D eigenvalue weighted by Gasteiger charge is -2.18. The molecule has 0 aromatic heterocycles. The molecule has 0 radical (unpaired) electrons. The molecule has 0 aliphatic heterocycles. The topological polar surface area (TPSA) is 75.6 Å². The predicted molar refractivity (Wildman–Crippen MR) is 80.3 cm³/mol. The average molecular weight is 291 g/mol. The fraction of sp³-hybridized carbons (Fsp3) is 0.375. The summed E-state index contributed by atoms with van der Waals surface area (Å²) in [6.07, 6.45) is 1.11. The van der Waals surface area contributed by atoms with Gasteiger partial charge in [-0.15, -0.1) is 0 Å². The van der Waals surface area contributed by atoms with Gasteiger partial charge in [0, 0.05) is 6.04 Å². The van der Waals surface area contributed by atoms with Crippen molar-refractivity contribution in [2.45, 2.75) is 32.7 Å². The number of carbonyl (C=O) groups is 2. The zero-order valence-electron chi connectivity index (χ0n) is 12.4. The van der Waals surface area contributed by atoms with E-state index in [9.17, 15) is 9.59 Å². The van der Waals surface area contributed by atoms with Crippen molar-refractivity contribution in [2.24, 2.45) is 0 Å². The lowest BCUT2D eigenvalue weighted by molar-refractivity contribution is -0.137. The normalized spacial score (nSPS) is 11.5. The van der Waals surface area contributed by atoms with Crippen LogP contribution in [0.15, 0.2) is 30.9 Å². The molecule has 5 heteroatoms. The molecule has 2 N–H and O–H groups in total. The first-order chi connectivity index (χ1) is 9.92. The van der Waals surface area contributed by atoms with Gasteiger partial charge in [0.15, 0.2) is 0 Å². The first kappa shape index (κ1) is 16.8. The minimum absolute atomic E-state index is 0.0924. The van der Waals surface area contributed by atoms with Crippen LogP contribution in [-0.2, 0) is 16.0 Å². The van der Waals surface area contributed by atoms with E-state index in [1.165, 1.54) is 6.08 Å². The monoisotopic (exact) mass is 291 g/mol. The lowest BCUT2D eigenvalue weighted by Crippen LogP contribution is -2.38. The van der Waals surface area contributed by atoms with E-state index in [0.29, 0.717) is 6.42 Å². The molecule has 1 atom stereocenters. The molecule has 0 spiro atoms. The maximum Gasteiger partial charge on any atom is 0.407 e. The summed E-state index contributed by atoms with van der Waals surface area (Å²) in [6.45, 7) is 7.51. The molecule has 0 aliphatic rings. The molecule has 0 saturated heterocycles. The van der Waals surface area contributed by atoms with E-state index in [1.807, 2.05) is 32.0 Å². The van der Waals surface area contributed by atoms with Crippen molar-refractivity contribution in [3.8, 4) is 0 Å². The zero-order chi connectivity index (χ0) is 15.8. The van der Waals surface area contributed by atoms with Crippen molar-refractivity contribution in [3.05, 3.63) is 47.5 Å². The summed E-state index contributed by atoms with van der Waals surface area (Å²) in [6, 6.07) is 5.44. The van der Waals surface area contributed by atoms with E-state index in [1.54, 1.807) is 0 Å². The Bertz CT molecular complexity index is 525. The summed E-state index contributed by atoms with van der Waals surface area (Å²) in [5.41, 5.74) is 3.23. The summed E-state index contributed by atoms with van der Waals surface area (Å²) in [7, 11) is 0. The fourth-order valence-corrected chi connectivity index (χ4v) is 2.07. The molecule has 0 aliphatic carbocycles. The Balaban J connectivity index is 2.75. The number of amides is 1. The Morgan fingerprint density at radius 3 is 2.71 bits per heavy atom. The van der Waals surface area contributed by atoms with Gasteiger partial charge in [-0.25, -0.2) is 4.79 Å². The first-order valence-corrected chi connectivity index (χ1v) is 6.74. The smallest absolute Gasteiger partial charge is 0.407 e. The second-order valence-corrected chi connectivity index (χ2v) is 4.96. The van der Waals surface area contributed by atoms with Crippen molar-refractivity contribution in [2.75, 3.05) is 6.61 Å². The van der Waals surface area contributed by atoms with Crippen LogP contribution in [0, 0.1) is 13.8 Å². The highest BCUT2D eigenvalue weighted by Crippen LogP contribution is 2.14. The fourth-order valence-electron chi connectivity index (χ4n) is 2.07. The van der Waals surface area contributed by atoms with E-state index in [0.717, 1.165) is 16.7 Å². The third-order valence-corrected chi connectivity index (χ3v) is 3.04. The van der Waals surface area contributed by atoms with E-state index in [4.69, 9.17) is 9.84 Å². The van der Waals surface area contributed by atoms with Gasteiger partial charge >= 0.3 is 12.1 Å². The minimum atomic E-state index is -0.964. The molecular weight excluding hydrogens is 270 g/mol. The van der Waals surface area contributed by atoms with Crippen LogP contribution in [0.3, 0.4) is 0 Å². The van der Waals surface area contributed by atoms with Gasteiger partial charge in [-0.3, -0.25) is 4.79 Å². The van der Waals surface area contributed by atoms with Crippen molar-refractivity contribution >= 4 is 12.1 Å². The summed E-state index contributed by atoms with van der Waals surface area (Å²) < 4.78 is 4.83. The van der Waals surface area contributed by atoms with Gasteiger partial charge in [-0.2, -0.15) is 0 Å². The van der Waals surface area contributed by atoms with Crippen LogP contribution in [-0.4, -0.2) is 29.8 Å². The maximum atomic E-state index is 11.5. The number of carboxylic acid groups (broad SMARTS) is 1. The van der Waals surface area contributed by atoms with Crippen LogP contribution in [0.2, 0.25) is 0 Å². The number of hydrogen-bond donors (Lipinski definition) is 2. The number of aryl methyl sites for hydroxylation is 2. The minimum Gasteiger partial charge on any atom is -0.481 e. The molecule has 114 valence electrons. The average Bonchev–Trinajstić information content (AvgIpc) is 2.38. The number of ether oxygens (including phenoxy) is 1. The standard InChI is InChI=1S/C16H21NO4/c1-4-7-21-16(20)17-14(10-15(18)19)9-13-6-5-11(2)8-12(13)3/h4-6,8,14H,1,7,9-10H2,2-3H3,(H,17,20)(H,18,19).